The summed E-state index contributed by atoms with van der Waals surface area (Å²) in [4.78, 5) is 12.1. The van der Waals surface area contributed by atoms with Gasteiger partial charge in [0.05, 0.1) is 19.3 Å². The number of nitrogens with one attached hydrogen (secondary N) is 1. The highest BCUT2D eigenvalue weighted by atomic mass is 16.5. The van der Waals surface area contributed by atoms with Crippen LogP contribution in [0.25, 0.3) is 11.3 Å². The van der Waals surface area contributed by atoms with E-state index in [0.717, 1.165) is 28.0 Å². The summed E-state index contributed by atoms with van der Waals surface area (Å²) >= 11 is 0. The van der Waals surface area contributed by atoms with Crippen molar-refractivity contribution in [2.24, 2.45) is 0 Å². The van der Waals surface area contributed by atoms with Crippen LogP contribution in [0.5, 0.6) is 5.75 Å². The lowest BCUT2D eigenvalue weighted by atomic mass is 10.1. The maximum atomic E-state index is 12.1. The first-order valence-electron chi connectivity index (χ1n) is 9.13. The van der Waals surface area contributed by atoms with Crippen molar-refractivity contribution in [3.63, 3.8) is 0 Å². The minimum Gasteiger partial charge on any atom is -0.491 e. The Hall–Kier alpha value is -3.19. The minimum absolute atomic E-state index is 0.000263. The Balaban J connectivity index is 1.47. The first-order valence-corrected chi connectivity index (χ1v) is 9.13. The van der Waals surface area contributed by atoms with E-state index in [1.54, 1.807) is 6.20 Å². The van der Waals surface area contributed by atoms with Crippen LogP contribution in [0.3, 0.4) is 0 Å². The highest BCUT2D eigenvalue weighted by molar-refractivity contribution is 5.75. The lowest BCUT2D eigenvalue weighted by Gasteiger charge is -2.12. The van der Waals surface area contributed by atoms with Gasteiger partial charge in [-0.2, -0.15) is 0 Å². The van der Waals surface area contributed by atoms with Crippen molar-refractivity contribution >= 4 is 5.91 Å². The molecule has 1 aromatic heterocycles. The summed E-state index contributed by atoms with van der Waals surface area (Å²) in [6.45, 7) is 4.90. The Bertz CT molecular complexity index is 915. The molecule has 0 fully saturated rings. The van der Waals surface area contributed by atoms with Crippen LogP contribution in [0.1, 0.15) is 16.7 Å². The molecule has 0 aliphatic rings. The summed E-state index contributed by atoms with van der Waals surface area (Å²) in [5.74, 6) is 0.710. The monoisotopic (exact) mass is 380 g/mol. The molecule has 1 heterocycles. The van der Waals surface area contributed by atoms with Gasteiger partial charge in [-0.15, -0.1) is 5.10 Å². The number of aromatic nitrogens is 3. The third kappa shape index (κ3) is 4.95. The predicted octanol–water partition coefficient (Wildman–Crippen LogP) is 2.25. The molecule has 0 aliphatic carbocycles. The number of amides is 1. The van der Waals surface area contributed by atoms with Gasteiger partial charge in [-0.25, -0.2) is 4.68 Å². The van der Waals surface area contributed by atoms with Gasteiger partial charge < -0.3 is 15.2 Å². The molecule has 0 aliphatic heterocycles. The van der Waals surface area contributed by atoms with E-state index in [4.69, 9.17) is 9.84 Å². The first kappa shape index (κ1) is 19.6. The van der Waals surface area contributed by atoms with Gasteiger partial charge in [-0.3, -0.25) is 4.79 Å². The van der Waals surface area contributed by atoms with E-state index in [1.165, 1.54) is 4.68 Å². The molecule has 7 heteroatoms. The summed E-state index contributed by atoms with van der Waals surface area (Å²) in [5, 5.41) is 20.0. The van der Waals surface area contributed by atoms with Crippen molar-refractivity contribution in [3.05, 3.63) is 65.4 Å². The van der Waals surface area contributed by atoms with E-state index in [9.17, 15) is 4.79 Å². The molecule has 1 amide bonds. The average Bonchev–Trinajstić information content (AvgIpc) is 3.15. The number of aliphatic hydroxyl groups excluding tert-OH is 1. The number of hydrogen-bond acceptors (Lipinski definition) is 5. The van der Waals surface area contributed by atoms with Crippen LogP contribution < -0.4 is 10.1 Å². The Morgan fingerprint density at radius 3 is 2.54 bits per heavy atom. The number of nitrogens with zero attached hydrogens (tertiary/aromatic N) is 3. The molecule has 146 valence electrons. The maximum absolute atomic E-state index is 12.1. The van der Waals surface area contributed by atoms with E-state index in [1.807, 2.05) is 56.3 Å². The molecular formula is C21H24N4O3. The summed E-state index contributed by atoms with van der Waals surface area (Å²) in [5.41, 5.74) is 4.54. The standard InChI is InChI=1S/C21H24N4O3/c1-15-4-3-5-16(2)21(15)28-11-10-22-20(27)13-25-12-19(23-24-25)18-8-6-17(14-26)7-9-18/h3-9,12,26H,10-11,13-14H2,1-2H3,(H,22,27). The van der Waals surface area contributed by atoms with Gasteiger partial charge in [-0.1, -0.05) is 47.7 Å². The quantitative estimate of drug-likeness (QED) is 0.585. The molecule has 0 atom stereocenters. The third-order valence-corrected chi connectivity index (χ3v) is 4.36. The third-order valence-electron chi connectivity index (χ3n) is 4.36. The average molecular weight is 380 g/mol. The molecule has 3 aromatic rings. The lowest BCUT2D eigenvalue weighted by Crippen LogP contribution is -2.31. The molecule has 3 rings (SSSR count). The number of hydrogen-bond donors (Lipinski definition) is 2. The number of rotatable bonds is 8. The second-order valence-corrected chi connectivity index (χ2v) is 6.58. The second kappa shape index (κ2) is 9.14. The molecule has 28 heavy (non-hydrogen) atoms. The molecular weight excluding hydrogens is 356 g/mol. The number of aryl methyl sites for hydroxylation is 2. The lowest BCUT2D eigenvalue weighted by molar-refractivity contribution is -0.121. The Labute approximate surface area is 164 Å². The second-order valence-electron chi connectivity index (χ2n) is 6.58. The predicted molar refractivity (Wildman–Crippen MR) is 106 cm³/mol. The van der Waals surface area contributed by atoms with Crippen LogP contribution in [-0.4, -0.2) is 39.2 Å². The van der Waals surface area contributed by atoms with Crippen molar-refractivity contribution in [1.29, 1.82) is 0 Å². The van der Waals surface area contributed by atoms with Crippen LogP contribution >= 0.6 is 0 Å². The van der Waals surface area contributed by atoms with Crippen molar-refractivity contribution in [2.45, 2.75) is 27.0 Å². The first-order chi connectivity index (χ1) is 13.6. The van der Waals surface area contributed by atoms with Crippen LogP contribution in [0.2, 0.25) is 0 Å². The van der Waals surface area contributed by atoms with E-state index in [-0.39, 0.29) is 19.1 Å². The molecule has 0 spiro atoms. The van der Waals surface area contributed by atoms with E-state index >= 15 is 0 Å². The topological polar surface area (TPSA) is 89.3 Å². The molecule has 0 saturated carbocycles. The zero-order chi connectivity index (χ0) is 19.9. The van der Waals surface area contributed by atoms with Gasteiger partial charge in [-0.05, 0) is 30.5 Å². The Morgan fingerprint density at radius 2 is 1.86 bits per heavy atom. The number of aliphatic hydroxyl groups is 1. The molecule has 0 saturated heterocycles. The van der Waals surface area contributed by atoms with Crippen molar-refractivity contribution < 1.29 is 14.6 Å². The normalized spacial score (nSPS) is 10.7. The Kier molecular flexibility index (Phi) is 6.39. The van der Waals surface area contributed by atoms with Gasteiger partial charge in [0, 0.05) is 5.56 Å². The van der Waals surface area contributed by atoms with Crippen LogP contribution in [-0.2, 0) is 17.9 Å². The van der Waals surface area contributed by atoms with E-state index < -0.39 is 0 Å². The largest absolute Gasteiger partial charge is 0.491 e. The molecule has 0 radical (unpaired) electrons. The summed E-state index contributed by atoms with van der Waals surface area (Å²) in [7, 11) is 0. The van der Waals surface area contributed by atoms with Gasteiger partial charge in [0.1, 0.15) is 24.6 Å². The van der Waals surface area contributed by atoms with Crippen LogP contribution in [0.4, 0.5) is 0 Å². The van der Waals surface area contributed by atoms with Gasteiger partial charge >= 0.3 is 0 Å². The van der Waals surface area contributed by atoms with Crippen molar-refractivity contribution in [3.8, 4) is 17.0 Å². The number of benzene rings is 2. The number of para-hydroxylation sites is 1. The Morgan fingerprint density at radius 1 is 1.14 bits per heavy atom. The minimum atomic E-state index is -0.155. The highest BCUT2D eigenvalue weighted by Gasteiger charge is 2.08. The molecule has 2 aromatic carbocycles. The highest BCUT2D eigenvalue weighted by Crippen LogP contribution is 2.22. The summed E-state index contributed by atoms with van der Waals surface area (Å²) < 4.78 is 7.28. The van der Waals surface area contributed by atoms with Crippen molar-refractivity contribution in [2.75, 3.05) is 13.2 Å². The summed E-state index contributed by atoms with van der Waals surface area (Å²) in [6, 6.07) is 13.4. The molecule has 2 N–H and O–H groups in total. The number of carbonyl (C=O) groups is 1. The number of carbonyl (C=O) groups excluding carboxylic acids is 1. The maximum Gasteiger partial charge on any atom is 0.241 e. The molecule has 7 nitrogen and oxygen atoms in total. The van der Waals surface area contributed by atoms with Crippen molar-refractivity contribution in [1.82, 2.24) is 20.3 Å². The fourth-order valence-corrected chi connectivity index (χ4v) is 2.86. The van der Waals surface area contributed by atoms with Gasteiger partial charge in [0.15, 0.2) is 0 Å². The van der Waals surface area contributed by atoms with Crippen LogP contribution in [0, 0.1) is 13.8 Å². The van der Waals surface area contributed by atoms with E-state index in [2.05, 4.69) is 15.6 Å². The SMILES string of the molecule is Cc1cccc(C)c1OCCNC(=O)Cn1cc(-c2ccc(CO)cc2)nn1. The van der Waals surface area contributed by atoms with Gasteiger partial charge in [0.2, 0.25) is 5.91 Å². The van der Waals surface area contributed by atoms with Crippen LogP contribution in [0.15, 0.2) is 48.7 Å². The van der Waals surface area contributed by atoms with E-state index in [0.29, 0.717) is 18.8 Å². The molecule has 0 unspecified atom stereocenters. The zero-order valence-corrected chi connectivity index (χ0v) is 16.1. The number of ether oxygens (including phenoxy) is 1. The molecule has 0 bridgehead atoms. The smallest absolute Gasteiger partial charge is 0.241 e. The zero-order valence-electron chi connectivity index (χ0n) is 16.1. The fraction of sp³-hybridized carbons (Fsp3) is 0.286. The summed E-state index contributed by atoms with van der Waals surface area (Å²) in [6.07, 6.45) is 1.72. The fourth-order valence-electron chi connectivity index (χ4n) is 2.86. The van der Waals surface area contributed by atoms with Gasteiger partial charge in [0.25, 0.3) is 0 Å².